The summed E-state index contributed by atoms with van der Waals surface area (Å²) in [5.74, 6) is 1.54. The number of fused-ring (bicyclic) bond motifs is 1. The monoisotopic (exact) mass is 433 g/mol. The number of hydrogen-bond donors (Lipinski definition) is 1. The fourth-order valence-electron chi connectivity index (χ4n) is 3.42. The summed E-state index contributed by atoms with van der Waals surface area (Å²) in [4.78, 5) is 17.2. The normalized spacial score (nSPS) is 10.9. The van der Waals surface area contributed by atoms with Crippen LogP contribution in [-0.4, -0.2) is 22.1 Å². The van der Waals surface area contributed by atoms with Crippen molar-refractivity contribution in [2.75, 3.05) is 6.61 Å². The van der Waals surface area contributed by atoms with Crippen molar-refractivity contribution < 1.29 is 9.53 Å². The van der Waals surface area contributed by atoms with Crippen LogP contribution in [0.25, 0.3) is 11.0 Å². The van der Waals surface area contributed by atoms with Crippen LogP contribution in [-0.2, 0) is 13.1 Å². The van der Waals surface area contributed by atoms with Gasteiger partial charge in [0.1, 0.15) is 11.6 Å². The molecule has 0 saturated heterocycles. The number of hydrogen-bond acceptors (Lipinski definition) is 3. The Hall–Kier alpha value is -3.31. The largest absolute Gasteiger partial charge is 0.494 e. The van der Waals surface area contributed by atoms with Crippen LogP contribution in [0.15, 0.2) is 72.8 Å². The van der Waals surface area contributed by atoms with Crippen molar-refractivity contribution in [2.45, 2.75) is 26.4 Å². The SMILES string of the molecule is Cc1ccc(OCCCn2c(CNC(=O)c3ccc(Cl)cc3)nc3ccccc32)cc1. The number of carbonyl (C=O) groups excluding carboxylic acids is 1. The Morgan fingerprint density at radius 3 is 2.55 bits per heavy atom. The second-order valence-corrected chi connectivity index (χ2v) is 7.81. The molecule has 0 unspecified atom stereocenters. The molecular formula is C25H24ClN3O2. The van der Waals surface area contributed by atoms with Gasteiger partial charge in [-0.2, -0.15) is 0 Å². The highest BCUT2D eigenvalue weighted by Gasteiger charge is 2.12. The fraction of sp³-hybridized carbons (Fsp3) is 0.200. The predicted octanol–water partition coefficient (Wildman–Crippen LogP) is 5.40. The van der Waals surface area contributed by atoms with Gasteiger partial charge in [0.2, 0.25) is 0 Å². The smallest absolute Gasteiger partial charge is 0.251 e. The summed E-state index contributed by atoms with van der Waals surface area (Å²) in [5, 5.41) is 3.56. The van der Waals surface area contributed by atoms with Crippen molar-refractivity contribution in [1.82, 2.24) is 14.9 Å². The number of para-hydroxylation sites is 2. The Labute approximate surface area is 186 Å². The maximum atomic E-state index is 12.5. The second kappa shape index (κ2) is 9.67. The van der Waals surface area contributed by atoms with Crippen LogP contribution in [0.1, 0.15) is 28.2 Å². The van der Waals surface area contributed by atoms with Crippen molar-refractivity contribution >= 4 is 28.5 Å². The molecule has 4 aromatic rings. The number of aromatic nitrogens is 2. The van der Waals surface area contributed by atoms with E-state index in [4.69, 9.17) is 21.3 Å². The molecule has 1 amide bonds. The zero-order valence-corrected chi connectivity index (χ0v) is 18.1. The molecule has 1 heterocycles. The molecule has 0 aliphatic carbocycles. The first-order valence-electron chi connectivity index (χ1n) is 10.3. The van der Waals surface area contributed by atoms with Gasteiger partial charge >= 0.3 is 0 Å². The minimum Gasteiger partial charge on any atom is -0.494 e. The molecule has 6 heteroatoms. The molecule has 0 aliphatic rings. The van der Waals surface area contributed by atoms with E-state index in [1.807, 2.05) is 48.5 Å². The Bertz CT molecular complexity index is 1170. The average Bonchev–Trinajstić information content (AvgIpc) is 3.14. The average molecular weight is 434 g/mol. The van der Waals surface area contributed by atoms with Crippen LogP contribution in [0.2, 0.25) is 5.02 Å². The maximum absolute atomic E-state index is 12.5. The molecule has 4 rings (SSSR count). The molecule has 0 radical (unpaired) electrons. The summed E-state index contributed by atoms with van der Waals surface area (Å²) in [6.45, 7) is 3.75. The van der Waals surface area contributed by atoms with E-state index in [9.17, 15) is 4.79 Å². The molecule has 158 valence electrons. The van der Waals surface area contributed by atoms with Gasteiger partial charge in [-0.1, -0.05) is 41.4 Å². The minimum absolute atomic E-state index is 0.155. The molecule has 3 aromatic carbocycles. The fourth-order valence-corrected chi connectivity index (χ4v) is 3.55. The van der Waals surface area contributed by atoms with Crippen molar-refractivity contribution in [2.24, 2.45) is 0 Å². The van der Waals surface area contributed by atoms with E-state index in [0.29, 0.717) is 23.7 Å². The molecule has 31 heavy (non-hydrogen) atoms. The number of aryl methyl sites for hydroxylation is 2. The molecule has 1 N–H and O–H groups in total. The summed E-state index contributed by atoms with van der Waals surface area (Å²) in [5.41, 5.74) is 3.74. The highest BCUT2D eigenvalue weighted by molar-refractivity contribution is 6.30. The topological polar surface area (TPSA) is 56.1 Å². The van der Waals surface area contributed by atoms with Gasteiger partial charge in [-0.15, -0.1) is 0 Å². The van der Waals surface area contributed by atoms with Gasteiger partial charge in [0.15, 0.2) is 0 Å². The summed E-state index contributed by atoms with van der Waals surface area (Å²) in [6, 6.07) is 22.9. The quantitative estimate of drug-likeness (QED) is 0.378. The standard InChI is InChI=1S/C25H24ClN3O2/c1-18-7-13-21(14-8-18)31-16-4-15-29-23-6-3-2-5-22(23)28-24(29)17-27-25(30)19-9-11-20(26)12-10-19/h2-3,5-14H,4,15-17H2,1H3,(H,27,30). The number of benzene rings is 3. The number of ether oxygens (including phenoxy) is 1. The van der Waals surface area contributed by atoms with E-state index in [1.165, 1.54) is 5.56 Å². The molecule has 0 saturated carbocycles. The lowest BCUT2D eigenvalue weighted by Gasteiger charge is -2.11. The third kappa shape index (κ3) is 5.25. The zero-order chi connectivity index (χ0) is 21.6. The minimum atomic E-state index is -0.155. The molecule has 0 bridgehead atoms. The molecular weight excluding hydrogens is 410 g/mol. The Morgan fingerprint density at radius 2 is 1.77 bits per heavy atom. The number of rotatable bonds is 8. The van der Waals surface area contributed by atoms with E-state index >= 15 is 0 Å². The van der Waals surface area contributed by atoms with Crippen LogP contribution in [0.5, 0.6) is 5.75 Å². The van der Waals surface area contributed by atoms with Crippen molar-refractivity contribution in [3.63, 3.8) is 0 Å². The summed E-state index contributed by atoms with van der Waals surface area (Å²) >= 11 is 5.91. The Morgan fingerprint density at radius 1 is 1.03 bits per heavy atom. The zero-order valence-electron chi connectivity index (χ0n) is 17.3. The first-order valence-corrected chi connectivity index (χ1v) is 10.7. The van der Waals surface area contributed by atoms with Crippen molar-refractivity contribution in [1.29, 1.82) is 0 Å². The lowest BCUT2D eigenvalue weighted by Crippen LogP contribution is -2.25. The second-order valence-electron chi connectivity index (χ2n) is 7.37. The summed E-state index contributed by atoms with van der Waals surface area (Å²) < 4.78 is 8.01. The van der Waals surface area contributed by atoms with Gasteiger partial charge < -0.3 is 14.6 Å². The van der Waals surface area contributed by atoms with Crippen molar-refractivity contribution in [3.8, 4) is 5.75 Å². The first kappa shape index (κ1) is 20.9. The number of nitrogens with one attached hydrogen (secondary N) is 1. The number of imidazole rings is 1. The Balaban J connectivity index is 1.42. The Kier molecular flexibility index (Phi) is 6.53. The number of nitrogens with zero attached hydrogens (tertiary/aromatic N) is 2. The third-order valence-electron chi connectivity index (χ3n) is 5.06. The van der Waals surface area contributed by atoms with E-state index in [-0.39, 0.29) is 5.91 Å². The van der Waals surface area contributed by atoms with Gasteiger partial charge in [0, 0.05) is 17.1 Å². The van der Waals surface area contributed by atoms with E-state index < -0.39 is 0 Å². The highest BCUT2D eigenvalue weighted by atomic mass is 35.5. The molecule has 0 aliphatic heterocycles. The summed E-state index contributed by atoms with van der Waals surface area (Å²) in [7, 11) is 0. The van der Waals surface area contributed by atoms with Gasteiger partial charge in [0.25, 0.3) is 5.91 Å². The number of carbonyl (C=O) groups is 1. The van der Waals surface area contributed by atoms with Crippen LogP contribution in [0, 0.1) is 6.92 Å². The van der Waals surface area contributed by atoms with Crippen LogP contribution in [0.3, 0.4) is 0 Å². The lowest BCUT2D eigenvalue weighted by atomic mass is 10.2. The molecule has 0 spiro atoms. The van der Waals surface area contributed by atoms with E-state index in [1.54, 1.807) is 24.3 Å². The van der Waals surface area contributed by atoms with Crippen LogP contribution >= 0.6 is 11.6 Å². The number of halogens is 1. The van der Waals surface area contributed by atoms with Crippen LogP contribution < -0.4 is 10.1 Å². The maximum Gasteiger partial charge on any atom is 0.251 e. The third-order valence-corrected chi connectivity index (χ3v) is 5.31. The molecule has 0 atom stereocenters. The summed E-state index contributed by atoms with van der Waals surface area (Å²) in [6.07, 6.45) is 0.826. The highest BCUT2D eigenvalue weighted by Crippen LogP contribution is 2.18. The van der Waals surface area contributed by atoms with Crippen molar-refractivity contribution in [3.05, 3.63) is 94.8 Å². The van der Waals surface area contributed by atoms with Gasteiger partial charge in [-0.05, 0) is 61.9 Å². The lowest BCUT2D eigenvalue weighted by molar-refractivity contribution is 0.0949. The molecule has 5 nitrogen and oxygen atoms in total. The molecule has 0 fully saturated rings. The number of amides is 1. The van der Waals surface area contributed by atoms with Gasteiger partial charge in [0.05, 0.1) is 24.2 Å². The predicted molar refractivity (Wildman–Crippen MR) is 124 cm³/mol. The first-order chi connectivity index (χ1) is 15.1. The van der Waals surface area contributed by atoms with E-state index in [2.05, 4.69) is 16.8 Å². The molecule has 1 aromatic heterocycles. The van der Waals surface area contributed by atoms with E-state index in [0.717, 1.165) is 35.6 Å². The van der Waals surface area contributed by atoms with Gasteiger partial charge in [-0.3, -0.25) is 4.79 Å². The van der Waals surface area contributed by atoms with Gasteiger partial charge in [-0.25, -0.2) is 4.98 Å². The van der Waals surface area contributed by atoms with Crippen LogP contribution in [0.4, 0.5) is 0 Å².